The van der Waals surface area contributed by atoms with Gasteiger partial charge in [-0.1, -0.05) is 24.3 Å². The lowest BCUT2D eigenvalue weighted by atomic mass is 10.1. The first-order chi connectivity index (χ1) is 11.6. The number of methoxy groups -OCH3 is 1. The van der Waals surface area contributed by atoms with Gasteiger partial charge in [0.2, 0.25) is 0 Å². The van der Waals surface area contributed by atoms with E-state index < -0.39 is 18.0 Å². The molecule has 24 heavy (non-hydrogen) atoms. The molecule has 2 aromatic heterocycles. The zero-order valence-electron chi connectivity index (χ0n) is 13.2. The fourth-order valence-electron chi connectivity index (χ4n) is 2.33. The van der Waals surface area contributed by atoms with Gasteiger partial charge in [-0.25, -0.2) is 14.6 Å². The Morgan fingerprint density at radius 3 is 2.67 bits per heavy atom. The predicted octanol–water partition coefficient (Wildman–Crippen LogP) is 3.68. The number of carbonyl (C=O) groups is 2. The maximum absolute atomic E-state index is 12.6. The molecule has 0 spiro atoms. The van der Waals surface area contributed by atoms with Crippen LogP contribution in [0.1, 0.15) is 17.3 Å². The van der Waals surface area contributed by atoms with E-state index in [4.69, 9.17) is 4.74 Å². The number of hydrogen-bond acceptors (Lipinski definition) is 6. The minimum absolute atomic E-state index is 0.375. The van der Waals surface area contributed by atoms with E-state index in [1.807, 2.05) is 35.7 Å². The van der Waals surface area contributed by atoms with Crippen molar-refractivity contribution in [2.45, 2.75) is 13.0 Å². The molecule has 122 valence electrons. The fraction of sp³-hybridized carbons (Fsp3) is 0.167. The number of benzene rings is 1. The second kappa shape index (κ2) is 6.80. The van der Waals surface area contributed by atoms with E-state index in [9.17, 15) is 9.59 Å². The van der Waals surface area contributed by atoms with Crippen molar-refractivity contribution in [2.24, 2.45) is 0 Å². The van der Waals surface area contributed by atoms with Crippen LogP contribution in [0.2, 0.25) is 0 Å². The first-order valence-electron chi connectivity index (χ1n) is 7.32. The summed E-state index contributed by atoms with van der Waals surface area (Å²) < 4.78 is 9.82. The number of thiophene rings is 1. The van der Waals surface area contributed by atoms with E-state index in [-0.39, 0.29) is 0 Å². The van der Waals surface area contributed by atoms with E-state index in [1.165, 1.54) is 25.4 Å². The largest absolute Gasteiger partial charge is 0.466 e. The van der Waals surface area contributed by atoms with Gasteiger partial charge in [0.1, 0.15) is 0 Å². The molecule has 0 radical (unpaired) electrons. The van der Waals surface area contributed by atoms with Crippen LogP contribution in [0.4, 0.5) is 0 Å². The van der Waals surface area contributed by atoms with Gasteiger partial charge in [0.15, 0.2) is 6.10 Å². The zero-order chi connectivity index (χ0) is 17.1. The van der Waals surface area contributed by atoms with Crippen LogP contribution in [0.15, 0.2) is 47.8 Å². The molecule has 3 rings (SSSR count). The summed E-state index contributed by atoms with van der Waals surface area (Å²) in [4.78, 5) is 29.6. The molecule has 5 nitrogen and oxygen atoms in total. The Balaban J connectivity index is 2.05. The number of nitrogens with zero attached hydrogens (tertiary/aromatic N) is 1. The summed E-state index contributed by atoms with van der Waals surface area (Å²) in [7, 11) is 1.25. The van der Waals surface area contributed by atoms with Crippen LogP contribution in [0, 0.1) is 0 Å². The number of ether oxygens (including phenoxy) is 2. The first kappa shape index (κ1) is 16.1. The molecule has 0 fully saturated rings. The van der Waals surface area contributed by atoms with E-state index >= 15 is 0 Å². The van der Waals surface area contributed by atoms with Crippen molar-refractivity contribution in [2.75, 3.05) is 7.11 Å². The molecule has 0 saturated carbocycles. The summed E-state index contributed by atoms with van der Waals surface area (Å²) >= 11 is 1.54. The molecule has 6 heteroatoms. The van der Waals surface area contributed by atoms with Gasteiger partial charge in [-0.3, -0.25) is 0 Å². The Morgan fingerprint density at radius 2 is 1.96 bits per heavy atom. The number of carbonyl (C=O) groups excluding carboxylic acids is 2. The number of fused-ring (bicyclic) bond motifs is 1. The molecule has 1 atom stereocenters. The molecule has 0 bridgehead atoms. The highest BCUT2D eigenvalue weighted by molar-refractivity contribution is 7.13. The first-order valence-corrected chi connectivity index (χ1v) is 8.20. The number of esters is 2. The van der Waals surface area contributed by atoms with Gasteiger partial charge in [0.25, 0.3) is 0 Å². The van der Waals surface area contributed by atoms with Crippen molar-refractivity contribution in [1.82, 2.24) is 4.98 Å². The fourth-order valence-corrected chi connectivity index (χ4v) is 3.02. The Kier molecular flexibility index (Phi) is 4.57. The molecule has 0 aliphatic rings. The lowest BCUT2D eigenvalue weighted by Gasteiger charge is -2.13. The van der Waals surface area contributed by atoms with Gasteiger partial charge in [0.05, 0.1) is 28.8 Å². The third-order valence-corrected chi connectivity index (χ3v) is 4.42. The average molecular weight is 341 g/mol. The number of rotatable bonds is 4. The average Bonchev–Trinajstić information content (AvgIpc) is 3.14. The number of para-hydroxylation sites is 1. The van der Waals surface area contributed by atoms with Crippen LogP contribution in [0.25, 0.3) is 21.5 Å². The van der Waals surface area contributed by atoms with Gasteiger partial charge in [-0.2, -0.15) is 0 Å². The molecule has 2 heterocycles. The van der Waals surface area contributed by atoms with Crippen molar-refractivity contribution < 1.29 is 19.1 Å². The van der Waals surface area contributed by atoms with Crippen molar-refractivity contribution in [3.8, 4) is 10.6 Å². The summed E-state index contributed by atoms with van der Waals surface area (Å²) in [6.07, 6.45) is -0.973. The molecule has 0 aliphatic carbocycles. The van der Waals surface area contributed by atoms with Crippen LogP contribution in [0.3, 0.4) is 0 Å². The summed E-state index contributed by atoms with van der Waals surface area (Å²) in [5.74, 6) is -1.18. The van der Waals surface area contributed by atoms with E-state index in [1.54, 1.807) is 12.1 Å². The monoisotopic (exact) mass is 341 g/mol. The SMILES string of the molecule is COC(=O)[C@@H](C)OC(=O)c1cc(-c2cccs2)nc2ccccc12. The molecular weight excluding hydrogens is 326 g/mol. The van der Waals surface area contributed by atoms with Crippen LogP contribution in [-0.2, 0) is 14.3 Å². The second-order valence-electron chi connectivity index (χ2n) is 5.12. The standard InChI is InChI=1S/C18H15NO4S/c1-11(17(20)22-2)23-18(21)13-10-15(16-8-5-9-24-16)19-14-7-4-3-6-12(13)14/h3-11H,1-2H3/t11-/m1/s1. The third-order valence-electron chi connectivity index (χ3n) is 3.53. The summed E-state index contributed by atoms with van der Waals surface area (Å²) in [5, 5.41) is 2.63. The molecule has 0 unspecified atom stereocenters. The maximum atomic E-state index is 12.6. The Bertz CT molecular complexity index is 889. The number of hydrogen-bond donors (Lipinski definition) is 0. The smallest absolute Gasteiger partial charge is 0.346 e. The van der Waals surface area contributed by atoms with Crippen LogP contribution < -0.4 is 0 Å². The number of pyridine rings is 1. The molecule has 0 N–H and O–H groups in total. The Labute approximate surface area is 142 Å². The third kappa shape index (κ3) is 3.14. The van der Waals surface area contributed by atoms with Gasteiger partial charge in [-0.05, 0) is 30.5 Å². The lowest BCUT2D eigenvalue weighted by Crippen LogP contribution is -2.25. The number of aromatic nitrogens is 1. The second-order valence-corrected chi connectivity index (χ2v) is 6.07. The molecule has 1 aromatic carbocycles. The normalized spacial score (nSPS) is 11.9. The molecular formula is C18H15NO4S. The van der Waals surface area contributed by atoms with Crippen molar-refractivity contribution >= 4 is 34.2 Å². The molecule has 0 saturated heterocycles. The quantitative estimate of drug-likeness (QED) is 0.677. The van der Waals surface area contributed by atoms with Gasteiger partial charge in [-0.15, -0.1) is 11.3 Å². The van der Waals surface area contributed by atoms with E-state index in [0.29, 0.717) is 22.2 Å². The molecule has 3 aromatic rings. The van der Waals surface area contributed by atoms with Gasteiger partial charge >= 0.3 is 11.9 Å². The Morgan fingerprint density at radius 1 is 1.17 bits per heavy atom. The van der Waals surface area contributed by atoms with Crippen molar-refractivity contribution in [3.05, 3.63) is 53.4 Å². The minimum Gasteiger partial charge on any atom is -0.466 e. The van der Waals surface area contributed by atoms with Crippen LogP contribution in [0.5, 0.6) is 0 Å². The lowest BCUT2D eigenvalue weighted by molar-refractivity contribution is -0.149. The Hall–Kier alpha value is -2.73. The summed E-state index contributed by atoms with van der Waals surface area (Å²) in [6.45, 7) is 1.48. The topological polar surface area (TPSA) is 65.5 Å². The van der Waals surface area contributed by atoms with E-state index in [0.717, 1.165) is 4.88 Å². The maximum Gasteiger partial charge on any atom is 0.346 e. The highest BCUT2D eigenvalue weighted by atomic mass is 32.1. The molecule has 0 aliphatic heterocycles. The molecule has 0 amide bonds. The van der Waals surface area contributed by atoms with Crippen LogP contribution in [-0.4, -0.2) is 30.1 Å². The van der Waals surface area contributed by atoms with E-state index in [2.05, 4.69) is 9.72 Å². The zero-order valence-corrected chi connectivity index (χ0v) is 14.0. The van der Waals surface area contributed by atoms with Crippen molar-refractivity contribution in [3.63, 3.8) is 0 Å². The minimum atomic E-state index is -0.973. The highest BCUT2D eigenvalue weighted by Crippen LogP contribution is 2.28. The van der Waals surface area contributed by atoms with Gasteiger partial charge < -0.3 is 9.47 Å². The summed E-state index contributed by atoms with van der Waals surface area (Å²) in [6, 6.07) is 12.9. The predicted molar refractivity (Wildman–Crippen MR) is 91.9 cm³/mol. The van der Waals surface area contributed by atoms with Crippen LogP contribution >= 0.6 is 11.3 Å². The van der Waals surface area contributed by atoms with Gasteiger partial charge in [0, 0.05) is 5.39 Å². The van der Waals surface area contributed by atoms with Crippen molar-refractivity contribution in [1.29, 1.82) is 0 Å². The summed E-state index contributed by atoms with van der Waals surface area (Å²) in [5.41, 5.74) is 1.77. The highest BCUT2D eigenvalue weighted by Gasteiger charge is 2.22.